The van der Waals surface area contributed by atoms with Crippen LogP contribution in [0.2, 0.25) is 0 Å². The van der Waals surface area contributed by atoms with E-state index >= 15 is 0 Å². The van der Waals surface area contributed by atoms with E-state index in [4.69, 9.17) is 9.47 Å². The van der Waals surface area contributed by atoms with Crippen molar-refractivity contribution >= 4 is 41.5 Å². The minimum Gasteiger partial charge on any atom is -0.493 e. The molecule has 8 heteroatoms. The predicted molar refractivity (Wildman–Crippen MR) is 126 cm³/mol. The van der Waals surface area contributed by atoms with E-state index in [-0.39, 0.29) is 35.8 Å². The number of amides is 1. The number of ether oxygens (including phenoxy) is 2. The molecule has 0 saturated carbocycles. The van der Waals surface area contributed by atoms with Crippen molar-refractivity contribution in [1.29, 1.82) is 0 Å². The lowest BCUT2D eigenvalue weighted by Crippen LogP contribution is -2.40. The molecule has 0 spiro atoms. The maximum absolute atomic E-state index is 12.0. The Bertz CT molecular complexity index is 873. The van der Waals surface area contributed by atoms with E-state index in [2.05, 4.69) is 27.0 Å². The number of nitrogens with one attached hydrogen (secondary N) is 3. The zero-order valence-corrected chi connectivity index (χ0v) is 19.2. The fourth-order valence-corrected chi connectivity index (χ4v) is 3.30. The van der Waals surface area contributed by atoms with Crippen LogP contribution in [0.25, 0.3) is 0 Å². The van der Waals surface area contributed by atoms with Crippen molar-refractivity contribution in [1.82, 2.24) is 10.6 Å². The summed E-state index contributed by atoms with van der Waals surface area (Å²) >= 11 is 0. The second-order valence-corrected chi connectivity index (χ2v) is 6.53. The van der Waals surface area contributed by atoms with Gasteiger partial charge in [0.05, 0.1) is 14.2 Å². The summed E-state index contributed by atoms with van der Waals surface area (Å²) in [6.07, 6.45) is 0.455. The third-order valence-electron chi connectivity index (χ3n) is 4.75. The third-order valence-corrected chi connectivity index (χ3v) is 4.75. The molecule has 0 aliphatic carbocycles. The van der Waals surface area contributed by atoms with Crippen molar-refractivity contribution in [3.05, 3.63) is 53.6 Å². The Morgan fingerprint density at radius 3 is 2.62 bits per heavy atom. The lowest BCUT2D eigenvalue weighted by atomic mass is 9.90. The predicted octanol–water partition coefficient (Wildman–Crippen LogP) is 3.11. The summed E-state index contributed by atoms with van der Waals surface area (Å²) in [7, 11) is 4.96. The first-order valence-electron chi connectivity index (χ1n) is 9.18. The number of hydrogen-bond donors (Lipinski definition) is 3. The van der Waals surface area contributed by atoms with E-state index in [1.165, 1.54) is 0 Å². The molecule has 0 saturated heterocycles. The number of para-hydroxylation sites is 1. The average molecular weight is 510 g/mol. The monoisotopic (exact) mass is 510 g/mol. The van der Waals surface area contributed by atoms with Crippen molar-refractivity contribution in [3.63, 3.8) is 0 Å². The molecule has 1 aliphatic rings. The number of halogens is 1. The highest BCUT2D eigenvalue weighted by atomic mass is 127. The largest absolute Gasteiger partial charge is 0.493 e. The molecule has 3 rings (SSSR count). The zero-order chi connectivity index (χ0) is 19.9. The van der Waals surface area contributed by atoms with Gasteiger partial charge in [0.2, 0.25) is 5.91 Å². The summed E-state index contributed by atoms with van der Waals surface area (Å²) in [4.78, 5) is 16.2. The number of methoxy groups -OCH3 is 2. The maximum Gasteiger partial charge on any atom is 0.225 e. The minimum atomic E-state index is 0. The average Bonchev–Trinajstić information content (AvgIpc) is 2.73. The molecule has 0 fully saturated rings. The number of carbonyl (C=O) groups is 1. The molecule has 156 valence electrons. The van der Waals surface area contributed by atoms with Crippen LogP contribution in [0, 0.1) is 0 Å². The van der Waals surface area contributed by atoms with Gasteiger partial charge < -0.3 is 25.4 Å². The minimum absolute atomic E-state index is 0. The molecule has 1 heterocycles. The molecule has 1 atom stereocenters. The molecular formula is C21H27IN4O3. The van der Waals surface area contributed by atoms with Crippen LogP contribution in [0.1, 0.15) is 23.5 Å². The molecule has 0 radical (unpaired) electrons. The number of aliphatic imine (C=N–C) groups is 1. The van der Waals surface area contributed by atoms with E-state index in [9.17, 15) is 4.79 Å². The highest BCUT2D eigenvalue weighted by Crippen LogP contribution is 2.31. The summed E-state index contributed by atoms with van der Waals surface area (Å²) in [5.41, 5.74) is 3.08. The van der Waals surface area contributed by atoms with Gasteiger partial charge in [-0.1, -0.05) is 24.3 Å². The smallest absolute Gasteiger partial charge is 0.225 e. The van der Waals surface area contributed by atoms with Gasteiger partial charge in [0.1, 0.15) is 0 Å². The number of rotatable bonds is 6. The van der Waals surface area contributed by atoms with Crippen LogP contribution in [-0.4, -0.2) is 39.7 Å². The molecule has 1 amide bonds. The topological polar surface area (TPSA) is 84.0 Å². The number of fused-ring (bicyclic) bond motifs is 1. The van der Waals surface area contributed by atoms with Crippen LogP contribution in [0.15, 0.2) is 47.5 Å². The molecule has 29 heavy (non-hydrogen) atoms. The molecule has 1 unspecified atom stereocenters. The van der Waals surface area contributed by atoms with Crippen molar-refractivity contribution in [2.75, 3.05) is 33.1 Å². The van der Waals surface area contributed by atoms with E-state index in [0.717, 1.165) is 16.8 Å². The Morgan fingerprint density at radius 1 is 1.14 bits per heavy atom. The molecule has 1 aliphatic heterocycles. The summed E-state index contributed by atoms with van der Waals surface area (Å²) in [5, 5.41) is 9.54. The van der Waals surface area contributed by atoms with Crippen LogP contribution < -0.4 is 25.4 Å². The first kappa shape index (κ1) is 22.8. The SMILES string of the molecule is CN=C(NCc1ccc(OC)c(OC)c1)NCC1CC(=O)Nc2ccccc21.I. The Hall–Kier alpha value is -2.49. The van der Waals surface area contributed by atoms with Crippen molar-refractivity contribution in [3.8, 4) is 11.5 Å². The Labute approximate surface area is 188 Å². The van der Waals surface area contributed by atoms with E-state index in [1.807, 2.05) is 36.4 Å². The highest BCUT2D eigenvalue weighted by Gasteiger charge is 2.24. The van der Waals surface area contributed by atoms with Crippen LogP contribution in [0.3, 0.4) is 0 Å². The van der Waals surface area contributed by atoms with E-state index < -0.39 is 0 Å². The normalized spacial score (nSPS) is 15.5. The first-order valence-corrected chi connectivity index (χ1v) is 9.18. The lowest BCUT2D eigenvalue weighted by molar-refractivity contribution is -0.116. The Morgan fingerprint density at radius 2 is 1.90 bits per heavy atom. The van der Waals surface area contributed by atoms with Gasteiger partial charge >= 0.3 is 0 Å². The van der Waals surface area contributed by atoms with Gasteiger partial charge in [-0.3, -0.25) is 9.79 Å². The summed E-state index contributed by atoms with van der Waals surface area (Å²) in [5.74, 6) is 2.21. The molecule has 3 N–H and O–H groups in total. The Kier molecular flexibility index (Phi) is 8.56. The number of hydrogen-bond acceptors (Lipinski definition) is 4. The van der Waals surface area contributed by atoms with Crippen LogP contribution in [-0.2, 0) is 11.3 Å². The lowest BCUT2D eigenvalue weighted by Gasteiger charge is -2.26. The first-order chi connectivity index (χ1) is 13.6. The second-order valence-electron chi connectivity index (χ2n) is 6.53. The van der Waals surface area contributed by atoms with Crippen LogP contribution in [0.4, 0.5) is 5.69 Å². The van der Waals surface area contributed by atoms with Crippen molar-refractivity contribution in [2.24, 2.45) is 4.99 Å². The summed E-state index contributed by atoms with van der Waals surface area (Å²) < 4.78 is 10.6. The number of benzene rings is 2. The van der Waals surface area contributed by atoms with Crippen molar-refractivity contribution in [2.45, 2.75) is 18.9 Å². The van der Waals surface area contributed by atoms with Gasteiger partial charge in [-0.15, -0.1) is 24.0 Å². The molecule has 2 aromatic carbocycles. The van der Waals surface area contributed by atoms with E-state index in [0.29, 0.717) is 37.0 Å². The summed E-state index contributed by atoms with van der Waals surface area (Å²) in [6.45, 7) is 1.21. The molecule has 7 nitrogen and oxygen atoms in total. The quantitative estimate of drug-likeness (QED) is 0.316. The van der Waals surface area contributed by atoms with Gasteiger partial charge in [-0.05, 0) is 29.3 Å². The maximum atomic E-state index is 12.0. The van der Waals surface area contributed by atoms with Gasteiger partial charge in [0.15, 0.2) is 17.5 Å². The fourth-order valence-electron chi connectivity index (χ4n) is 3.30. The van der Waals surface area contributed by atoms with Gasteiger partial charge in [-0.2, -0.15) is 0 Å². The van der Waals surface area contributed by atoms with E-state index in [1.54, 1.807) is 21.3 Å². The number of nitrogens with zero attached hydrogens (tertiary/aromatic N) is 1. The van der Waals surface area contributed by atoms with Gasteiger partial charge in [-0.25, -0.2) is 0 Å². The van der Waals surface area contributed by atoms with Crippen LogP contribution in [0.5, 0.6) is 11.5 Å². The molecule has 0 aromatic heterocycles. The highest BCUT2D eigenvalue weighted by molar-refractivity contribution is 14.0. The summed E-state index contributed by atoms with van der Waals surface area (Å²) in [6, 6.07) is 13.7. The standard InChI is InChI=1S/C21H26N4O3.HI/c1-22-21(23-12-14-8-9-18(27-2)19(10-14)28-3)24-13-15-11-20(26)25-17-7-5-4-6-16(15)17;/h4-10,15H,11-13H2,1-3H3,(H,25,26)(H2,22,23,24);1H. The van der Waals surface area contributed by atoms with Crippen LogP contribution >= 0.6 is 24.0 Å². The number of carbonyl (C=O) groups excluding carboxylic acids is 1. The molecular weight excluding hydrogens is 483 g/mol. The Balaban J connectivity index is 0.00000300. The second kappa shape index (κ2) is 10.9. The third kappa shape index (κ3) is 5.75. The number of anilines is 1. The van der Waals surface area contributed by atoms with Crippen molar-refractivity contribution < 1.29 is 14.3 Å². The fraction of sp³-hybridized carbons (Fsp3) is 0.333. The molecule has 0 bridgehead atoms. The zero-order valence-electron chi connectivity index (χ0n) is 16.8. The van der Waals surface area contributed by atoms with Gasteiger partial charge in [0, 0.05) is 38.2 Å². The number of guanidine groups is 1. The van der Waals surface area contributed by atoms with Gasteiger partial charge in [0.25, 0.3) is 0 Å². The molecule has 2 aromatic rings.